The highest BCUT2D eigenvalue weighted by atomic mass is 79.9. The molecule has 2 aromatic carbocycles. The van der Waals surface area contributed by atoms with Gasteiger partial charge in [0.05, 0.1) is 12.8 Å². The molecule has 3 amide bonds. The predicted octanol–water partition coefficient (Wildman–Crippen LogP) is 1.60. The molecule has 0 aromatic heterocycles. The molecule has 1 fully saturated rings. The van der Waals surface area contributed by atoms with E-state index in [0.717, 1.165) is 10.2 Å². The fourth-order valence-electron chi connectivity index (χ4n) is 2.93. The summed E-state index contributed by atoms with van der Waals surface area (Å²) in [4.78, 5) is 31.5. The fourth-order valence-corrected chi connectivity index (χ4v) is 3.28. The summed E-state index contributed by atoms with van der Waals surface area (Å²) >= 11 is 3.41. The van der Waals surface area contributed by atoms with Gasteiger partial charge in [0.15, 0.2) is 12.3 Å². The van der Waals surface area contributed by atoms with Crippen molar-refractivity contribution in [3.05, 3.63) is 46.9 Å². The van der Waals surface area contributed by atoms with Crippen LogP contribution in [0.5, 0.6) is 5.75 Å². The topological polar surface area (TPSA) is 63.8 Å². The second kappa shape index (κ2) is 5.45. The first-order valence-corrected chi connectivity index (χ1v) is 8.10. The zero-order valence-electron chi connectivity index (χ0n) is 12.7. The normalized spacial score (nSPS) is 18.7. The van der Waals surface area contributed by atoms with Gasteiger partial charge in [-0.25, -0.2) is 14.7 Å². The third-order valence-corrected chi connectivity index (χ3v) is 4.59. The third kappa shape index (κ3) is 2.12. The molecule has 1 unspecified atom stereocenters. The van der Waals surface area contributed by atoms with Gasteiger partial charge in [0.1, 0.15) is 11.4 Å². The number of methoxy groups -OCH3 is 1. The first kappa shape index (κ1) is 14.9. The molecule has 2 heterocycles. The Labute approximate surface area is 146 Å². The average Bonchev–Trinajstić information content (AvgIpc) is 2.86. The largest absolute Gasteiger partial charge is 0.497 e. The van der Waals surface area contributed by atoms with Crippen LogP contribution in [0.3, 0.4) is 0 Å². The van der Waals surface area contributed by atoms with Gasteiger partial charge < -0.3 is 4.74 Å². The lowest BCUT2D eigenvalue weighted by atomic mass is 10.1. The minimum Gasteiger partial charge on any atom is -0.497 e. The number of imide groups is 1. The van der Waals surface area contributed by atoms with Gasteiger partial charge in [-0.15, -0.1) is 0 Å². The van der Waals surface area contributed by atoms with Crippen LogP contribution in [-0.2, 0) is 4.79 Å². The highest BCUT2D eigenvalue weighted by molar-refractivity contribution is 9.10. The molecule has 2 aliphatic rings. The maximum atomic E-state index is 12.9. The number of hydrogen-bond acceptors (Lipinski definition) is 3. The van der Waals surface area contributed by atoms with Crippen molar-refractivity contribution in [2.24, 2.45) is 0 Å². The summed E-state index contributed by atoms with van der Waals surface area (Å²) in [5, 5.41) is 0. The van der Waals surface area contributed by atoms with Crippen LogP contribution in [0.25, 0.3) is 0 Å². The number of rotatable bonds is 2. The Bertz CT molecular complexity index is 879. The van der Waals surface area contributed by atoms with E-state index in [9.17, 15) is 9.59 Å². The number of nitrogens with zero attached hydrogens (tertiary/aromatic N) is 2. The quantitative estimate of drug-likeness (QED) is 0.797. The second-order valence-corrected chi connectivity index (χ2v) is 6.36. The van der Waals surface area contributed by atoms with Gasteiger partial charge in [0.2, 0.25) is 5.69 Å². The van der Waals surface area contributed by atoms with Gasteiger partial charge in [-0.2, -0.15) is 0 Å². The summed E-state index contributed by atoms with van der Waals surface area (Å²) in [5.41, 5.74) is 1.98. The first-order valence-electron chi connectivity index (χ1n) is 7.31. The van der Waals surface area contributed by atoms with E-state index in [0.29, 0.717) is 17.1 Å². The number of amides is 3. The molecule has 1 N–H and O–H groups in total. The number of halogens is 1. The number of anilines is 2. The molecule has 0 saturated carbocycles. The summed E-state index contributed by atoms with van der Waals surface area (Å²) < 4.78 is 5.96. The Morgan fingerprint density at radius 1 is 1.12 bits per heavy atom. The van der Waals surface area contributed by atoms with Gasteiger partial charge in [0.25, 0.3) is 5.91 Å². The number of urea groups is 1. The van der Waals surface area contributed by atoms with Crippen LogP contribution in [-0.4, -0.2) is 31.3 Å². The average molecular weight is 387 g/mol. The van der Waals surface area contributed by atoms with E-state index >= 15 is 0 Å². The van der Waals surface area contributed by atoms with E-state index in [-0.39, 0.29) is 11.9 Å². The Kier molecular flexibility index (Phi) is 3.38. The van der Waals surface area contributed by atoms with Crippen molar-refractivity contribution in [3.63, 3.8) is 0 Å². The van der Waals surface area contributed by atoms with Crippen molar-refractivity contribution < 1.29 is 19.3 Å². The molecule has 2 aliphatic heterocycles. The SMILES string of the molecule is COc1ccc(N2C(=O)C3C=[NH+]c4ccc(Br)cc4N3C2=O)cc1. The molecule has 2 aromatic rings. The van der Waals surface area contributed by atoms with Crippen molar-refractivity contribution in [3.8, 4) is 5.75 Å². The van der Waals surface area contributed by atoms with Gasteiger partial charge in [-0.3, -0.25) is 9.69 Å². The highest BCUT2D eigenvalue weighted by Crippen LogP contribution is 2.35. The van der Waals surface area contributed by atoms with Crippen LogP contribution in [0.15, 0.2) is 46.9 Å². The number of carbonyl (C=O) groups is 2. The Morgan fingerprint density at radius 3 is 2.58 bits per heavy atom. The van der Waals surface area contributed by atoms with Crippen molar-refractivity contribution >= 4 is 51.1 Å². The fraction of sp³-hybridized carbons (Fsp3) is 0.118. The van der Waals surface area contributed by atoms with Crippen LogP contribution < -0.4 is 19.5 Å². The Morgan fingerprint density at radius 2 is 1.88 bits per heavy atom. The zero-order valence-corrected chi connectivity index (χ0v) is 14.3. The number of benzene rings is 2. The van der Waals surface area contributed by atoms with Crippen LogP contribution in [0.1, 0.15) is 0 Å². The summed E-state index contributed by atoms with van der Waals surface area (Å²) in [6.45, 7) is 0. The number of ether oxygens (including phenoxy) is 1. The number of carbonyl (C=O) groups excluding carboxylic acids is 2. The molecule has 0 aliphatic carbocycles. The maximum absolute atomic E-state index is 12.9. The van der Waals surface area contributed by atoms with Crippen molar-refractivity contribution in [2.75, 3.05) is 16.9 Å². The molecule has 0 spiro atoms. The van der Waals surface area contributed by atoms with E-state index in [1.807, 2.05) is 18.2 Å². The minimum absolute atomic E-state index is 0.289. The maximum Gasteiger partial charge on any atom is 0.337 e. The molecule has 4 rings (SSSR count). The zero-order chi connectivity index (χ0) is 16.8. The lowest BCUT2D eigenvalue weighted by Crippen LogP contribution is -2.69. The van der Waals surface area contributed by atoms with E-state index in [1.165, 1.54) is 9.80 Å². The molecular formula is C17H13BrN3O3+. The molecule has 1 saturated heterocycles. The summed E-state index contributed by atoms with van der Waals surface area (Å²) in [7, 11) is 1.57. The molecule has 24 heavy (non-hydrogen) atoms. The minimum atomic E-state index is -0.665. The van der Waals surface area contributed by atoms with Crippen LogP contribution in [0, 0.1) is 0 Å². The van der Waals surface area contributed by atoms with E-state index in [1.54, 1.807) is 37.6 Å². The number of nitrogens with one attached hydrogen (secondary N) is 1. The van der Waals surface area contributed by atoms with Crippen LogP contribution in [0.4, 0.5) is 21.9 Å². The summed E-state index contributed by atoms with van der Waals surface area (Å²) in [6, 6.07) is 11.4. The highest BCUT2D eigenvalue weighted by Gasteiger charge is 2.50. The first-order chi connectivity index (χ1) is 11.6. The number of hydrogen-bond donors (Lipinski definition) is 1. The summed E-state index contributed by atoms with van der Waals surface area (Å²) in [6.07, 6.45) is 1.64. The van der Waals surface area contributed by atoms with Crippen molar-refractivity contribution in [1.29, 1.82) is 0 Å². The van der Waals surface area contributed by atoms with Gasteiger partial charge in [-0.1, -0.05) is 15.9 Å². The molecular weight excluding hydrogens is 374 g/mol. The van der Waals surface area contributed by atoms with Gasteiger partial charge in [-0.05, 0) is 36.4 Å². The summed E-state index contributed by atoms with van der Waals surface area (Å²) in [5.74, 6) is 0.376. The third-order valence-electron chi connectivity index (χ3n) is 4.10. The van der Waals surface area contributed by atoms with E-state index in [4.69, 9.17) is 4.74 Å². The molecule has 0 bridgehead atoms. The van der Waals surface area contributed by atoms with Crippen molar-refractivity contribution in [2.45, 2.75) is 6.04 Å². The Hall–Kier alpha value is -2.67. The lowest BCUT2D eigenvalue weighted by molar-refractivity contribution is -0.350. The van der Waals surface area contributed by atoms with Gasteiger partial charge >= 0.3 is 6.03 Å². The second-order valence-electron chi connectivity index (χ2n) is 5.44. The molecule has 7 heteroatoms. The lowest BCUT2D eigenvalue weighted by Gasteiger charge is -2.21. The van der Waals surface area contributed by atoms with Gasteiger partial charge in [0, 0.05) is 10.5 Å². The monoisotopic (exact) mass is 386 g/mol. The molecule has 6 nitrogen and oxygen atoms in total. The Balaban J connectivity index is 1.77. The standard InChI is InChI=1S/C17H12BrN3O3/c1-24-12-5-3-11(4-6-12)20-16(22)15-9-19-13-7-2-10(18)8-14(13)21(15)17(20)23/h2-9,15H,1H3/p+1. The smallest absolute Gasteiger partial charge is 0.337 e. The van der Waals surface area contributed by atoms with E-state index in [2.05, 4.69) is 20.9 Å². The van der Waals surface area contributed by atoms with Crippen molar-refractivity contribution in [1.82, 2.24) is 0 Å². The molecule has 1 atom stereocenters. The molecule has 120 valence electrons. The van der Waals surface area contributed by atoms with Crippen LogP contribution >= 0.6 is 15.9 Å². The van der Waals surface area contributed by atoms with E-state index < -0.39 is 6.04 Å². The predicted molar refractivity (Wildman–Crippen MR) is 93.0 cm³/mol. The van der Waals surface area contributed by atoms with Crippen LogP contribution in [0.2, 0.25) is 0 Å². The number of fused-ring (bicyclic) bond motifs is 3. The molecule has 0 radical (unpaired) electrons.